The number of carbonyl (C=O) groups excluding carboxylic acids is 2. The summed E-state index contributed by atoms with van der Waals surface area (Å²) in [6.07, 6.45) is 0. The van der Waals surface area contributed by atoms with Gasteiger partial charge in [-0.2, -0.15) is 9.97 Å². The first-order valence-electron chi connectivity index (χ1n) is 9.35. The van der Waals surface area contributed by atoms with Crippen LogP contribution in [-0.4, -0.2) is 38.6 Å². The fourth-order valence-corrected chi connectivity index (χ4v) is 4.68. The molecule has 1 unspecified atom stereocenters. The van der Waals surface area contributed by atoms with E-state index in [0.717, 1.165) is 33.7 Å². The molecule has 11 heteroatoms. The second-order valence-electron chi connectivity index (χ2n) is 6.99. The smallest absolute Gasteiger partial charge is 0.240 e. The number of hydrogen-bond donors (Lipinski definition) is 3. The molecule has 1 aliphatic heterocycles. The zero-order valence-corrected chi connectivity index (χ0v) is 18.1. The highest BCUT2D eigenvalue weighted by molar-refractivity contribution is 7.99. The second kappa shape index (κ2) is 8.66. The number of nitrogens with two attached hydrogens (primary N) is 2. The monoisotopic (exact) mass is 458 g/mol. The van der Waals surface area contributed by atoms with Crippen LogP contribution in [0.2, 0.25) is 5.02 Å². The van der Waals surface area contributed by atoms with Gasteiger partial charge in [-0.3, -0.25) is 9.59 Å². The van der Waals surface area contributed by atoms with Gasteiger partial charge >= 0.3 is 0 Å². The van der Waals surface area contributed by atoms with Gasteiger partial charge in [0.1, 0.15) is 6.04 Å². The van der Waals surface area contributed by atoms with E-state index in [9.17, 15) is 9.59 Å². The second-order valence-corrected chi connectivity index (χ2v) is 8.39. The highest BCUT2D eigenvalue weighted by atomic mass is 35.5. The van der Waals surface area contributed by atoms with E-state index in [1.54, 1.807) is 0 Å². The van der Waals surface area contributed by atoms with Crippen LogP contribution in [0.15, 0.2) is 29.4 Å². The SMILES string of the molecule is CC(=O)NC(CSc1nc(N)nc(-c2c(Cl)cc3c4c(cccc24)COC3)n1)C(N)=O. The van der Waals surface area contributed by atoms with Crippen LogP contribution in [-0.2, 0) is 27.5 Å². The summed E-state index contributed by atoms with van der Waals surface area (Å²) in [5.41, 5.74) is 14.0. The molecule has 160 valence electrons. The predicted molar refractivity (Wildman–Crippen MR) is 118 cm³/mol. The number of nitrogen functional groups attached to an aromatic ring is 1. The number of carbonyl (C=O) groups is 2. The lowest BCUT2D eigenvalue weighted by Crippen LogP contribution is -2.45. The molecular weight excluding hydrogens is 440 g/mol. The summed E-state index contributed by atoms with van der Waals surface area (Å²) in [6.45, 7) is 2.31. The molecule has 3 aromatic rings. The maximum atomic E-state index is 11.6. The number of anilines is 1. The van der Waals surface area contributed by atoms with E-state index in [-0.39, 0.29) is 17.6 Å². The lowest BCUT2D eigenvalue weighted by Gasteiger charge is -2.20. The molecule has 2 heterocycles. The van der Waals surface area contributed by atoms with Gasteiger partial charge in [-0.1, -0.05) is 41.6 Å². The number of nitrogens with one attached hydrogen (secondary N) is 1. The highest BCUT2D eigenvalue weighted by Gasteiger charge is 2.22. The molecule has 0 spiro atoms. The third-order valence-corrected chi connectivity index (χ3v) is 5.99. The zero-order chi connectivity index (χ0) is 22.1. The number of nitrogens with zero attached hydrogens (tertiary/aromatic N) is 3. The number of hydrogen-bond acceptors (Lipinski definition) is 8. The molecule has 9 nitrogen and oxygen atoms in total. The number of aromatic nitrogens is 3. The average molecular weight is 459 g/mol. The maximum Gasteiger partial charge on any atom is 0.240 e. The minimum atomic E-state index is -0.868. The first-order chi connectivity index (χ1) is 14.8. The molecule has 1 aromatic heterocycles. The van der Waals surface area contributed by atoms with Gasteiger partial charge in [0.05, 0.1) is 18.2 Å². The predicted octanol–water partition coefficient (Wildman–Crippen LogP) is 2.04. The van der Waals surface area contributed by atoms with E-state index < -0.39 is 11.9 Å². The van der Waals surface area contributed by atoms with E-state index >= 15 is 0 Å². The fourth-order valence-electron chi connectivity index (χ4n) is 3.49. The van der Waals surface area contributed by atoms with E-state index in [1.165, 1.54) is 6.92 Å². The third kappa shape index (κ3) is 4.41. The van der Waals surface area contributed by atoms with Crippen molar-refractivity contribution in [3.8, 4) is 11.4 Å². The number of thioether (sulfide) groups is 1. The van der Waals surface area contributed by atoms with Gasteiger partial charge in [-0.05, 0) is 28.0 Å². The number of primary amides is 1. The molecule has 0 saturated heterocycles. The molecule has 1 aliphatic rings. The first kappa shape index (κ1) is 21.3. The molecule has 1 atom stereocenters. The van der Waals surface area contributed by atoms with E-state index in [0.29, 0.717) is 34.8 Å². The van der Waals surface area contributed by atoms with Gasteiger partial charge in [0.25, 0.3) is 0 Å². The summed E-state index contributed by atoms with van der Waals surface area (Å²) >= 11 is 7.75. The summed E-state index contributed by atoms with van der Waals surface area (Å²) in [4.78, 5) is 35.8. The Kier molecular flexibility index (Phi) is 5.94. The molecule has 0 fully saturated rings. The number of amides is 2. The Morgan fingerprint density at radius 3 is 2.77 bits per heavy atom. The summed E-state index contributed by atoms with van der Waals surface area (Å²) in [5.74, 6) is -0.529. The quantitative estimate of drug-likeness (QED) is 0.475. The lowest BCUT2D eigenvalue weighted by molar-refractivity contribution is -0.125. The standard InChI is InChI=1S/C20H19ClN6O3S/c1-9(28)24-14(17(22)29)8-31-20-26-18(25-19(23)27-20)16-12-4-2-3-10-6-30-7-11(15(10)12)5-13(16)21/h2-5,14H,6-8H2,1H3,(H2,22,29)(H,24,28)(H2,23,25,26,27). The van der Waals surface area contributed by atoms with Gasteiger partial charge in [0.2, 0.25) is 17.8 Å². The van der Waals surface area contributed by atoms with Crippen LogP contribution in [0.5, 0.6) is 0 Å². The summed E-state index contributed by atoms with van der Waals surface area (Å²) in [5, 5.41) is 5.23. The topological polar surface area (TPSA) is 146 Å². The molecular formula is C20H19ClN6O3S. The van der Waals surface area contributed by atoms with Gasteiger partial charge < -0.3 is 21.5 Å². The van der Waals surface area contributed by atoms with E-state index in [1.807, 2.05) is 24.3 Å². The van der Waals surface area contributed by atoms with Crippen molar-refractivity contribution >= 4 is 51.9 Å². The van der Waals surface area contributed by atoms with Crippen molar-refractivity contribution in [3.05, 3.63) is 40.4 Å². The molecule has 2 amide bonds. The van der Waals surface area contributed by atoms with Gasteiger partial charge in [-0.25, -0.2) is 4.98 Å². The highest BCUT2D eigenvalue weighted by Crippen LogP contribution is 2.39. The first-order valence-corrected chi connectivity index (χ1v) is 10.7. The number of ether oxygens (including phenoxy) is 1. The molecule has 2 aromatic carbocycles. The lowest BCUT2D eigenvalue weighted by atomic mass is 9.94. The van der Waals surface area contributed by atoms with E-state index in [4.69, 9.17) is 27.8 Å². The molecule has 0 saturated carbocycles. The molecule has 0 radical (unpaired) electrons. The van der Waals surface area contributed by atoms with Crippen LogP contribution in [0.4, 0.5) is 5.95 Å². The normalized spacial score (nSPS) is 13.7. The number of benzene rings is 2. The Bertz CT molecular complexity index is 1210. The third-order valence-electron chi connectivity index (χ3n) is 4.75. The minimum absolute atomic E-state index is 0.0162. The molecule has 4 rings (SSSR count). The summed E-state index contributed by atoms with van der Waals surface area (Å²) < 4.78 is 5.64. The number of rotatable bonds is 6. The Hall–Kier alpha value is -2.95. The van der Waals surface area contributed by atoms with Gasteiger partial charge in [-0.15, -0.1) is 0 Å². The van der Waals surface area contributed by atoms with Gasteiger partial charge in [0.15, 0.2) is 11.0 Å². The molecule has 0 aliphatic carbocycles. The fraction of sp³-hybridized carbons (Fsp3) is 0.250. The van der Waals surface area contributed by atoms with Crippen molar-refractivity contribution in [2.45, 2.75) is 31.3 Å². The zero-order valence-electron chi connectivity index (χ0n) is 16.5. The van der Waals surface area contributed by atoms with Crippen LogP contribution < -0.4 is 16.8 Å². The van der Waals surface area contributed by atoms with Crippen LogP contribution in [0.25, 0.3) is 22.2 Å². The van der Waals surface area contributed by atoms with Crippen molar-refractivity contribution in [2.75, 3.05) is 11.5 Å². The van der Waals surface area contributed by atoms with Crippen molar-refractivity contribution < 1.29 is 14.3 Å². The molecule has 5 N–H and O–H groups in total. The van der Waals surface area contributed by atoms with Crippen LogP contribution in [0, 0.1) is 0 Å². The van der Waals surface area contributed by atoms with E-state index in [2.05, 4.69) is 20.3 Å². The minimum Gasteiger partial charge on any atom is -0.372 e. The Morgan fingerprint density at radius 2 is 2.03 bits per heavy atom. The van der Waals surface area contributed by atoms with Crippen molar-refractivity contribution in [1.29, 1.82) is 0 Å². The van der Waals surface area contributed by atoms with Crippen molar-refractivity contribution in [2.24, 2.45) is 5.73 Å². The largest absolute Gasteiger partial charge is 0.372 e. The number of halogens is 1. The van der Waals surface area contributed by atoms with Crippen molar-refractivity contribution in [1.82, 2.24) is 20.3 Å². The van der Waals surface area contributed by atoms with Crippen molar-refractivity contribution in [3.63, 3.8) is 0 Å². The summed E-state index contributed by atoms with van der Waals surface area (Å²) in [6, 6.07) is 6.89. The Morgan fingerprint density at radius 1 is 1.26 bits per heavy atom. The Labute approximate surface area is 186 Å². The van der Waals surface area contributed by atoms with Crippen LogP contribution >= 0.6 is 23.4 Å². The van der Waals surface area contributed by atoms with Gasteiger partial charge in [0, 0.05) is 18.2 Å². The summed E-state index contributed by atoms with van der Waals surface area (Å²) in [7, 11) is 0. The maximum absolute atomic E-state index is 11.6. The Balaban J connectivity index is 1.74. The molecule has 0 bridgehead atoms. The van der Waals surface area contributed by atoms with Crippen LogP contribution in [0.3, 0.4) is 0 Å². The average Bonchev–Trinajstić information content (AvgIpc) is 2.70. The van der Waals surface area contributed by atoms with Crippen LogP contribution in [0.1, 0.15) is 18.1 Å². The molecule has 31 heavy (non-hydrogen) atoms.